The first-order valence-electron chi connectivity index (χ1n) is 5.40. The maximum Gasteiger partial charge on any atom is 0.232 e. The zero-order valence-electron chi connectivity index (χ0n) is 8.92. The molecule has 3 heteroatoms. The van der Waals surface area contributed by atoms with Gasteiger partial charge in [0.1, 0.15) is 0 Å². The molecule has 1 atom stereocenters. The number of amides is 1. The van der Waals surface area contributed by atoms with Gasteiger partial charge in [0.2, 0.25) is 5.91 Å². The molecule has 0 saturated heterocycles. The lowest BCUT2D eigenvalue weighted by molar-refractivity contribution is -0.117. The van der Waals surface area contributed by atoms with Crippen molar-refractivity contribution in [3.8, 4) is 0 Å². The van der Waals surface area contributed by atoms with E-state index in [0.717, 1.165) is 24.1 Å². The first-order chi connectivity index (χ1) is 7.26. The monoisotopic (exact) mass is 204 g/mol. The van der Waals surface area contributed by atoms with Crippen molar-refractivity contribution in [1.82, 2.24) is 0 Å². The van der Waals surface area contributed by atoms with Crippen molar-refractivity contribution < 1.29 is 4.79 Å². The van der Waals surface area contributed by atoms with Gasteiger partial charge in [-0.1, -0.05) is 19.1 Å². The number of fused-ring (bicyclic) bond motifs is 1. The van der Waals surface area contributed by atoms with E-state index in [4.69, 9.17) is 5.73 Å². The normalized spacial score (nSPS) is 18.8. The number of nitrogens with one attached hydrogen (secondary N) is 1. The van der Waals surface area contributed by atoms with Crippen LogP contribution in [0.4, 0.5) is 5.69 Å². The van der Waals surface area contributed by atoms with Gasteiger partial charge in [0, 0.05) is 5.69 Å². The Kier molecular flexibility index (Phi) is 2.73. The van der Waals surface area contributed by atoms with E-state index in [9.17, 15) is 4.79 Å². The van der Waals surface area contributed by atoms with Crippen LogP contribution in [0.25, 0.3) is 0 Å². The molecule has 0 aliphatic carbocycles. The third-order valence-electron chi connectivity index (χ3n) is 2.93. The third kappa shape index (κ3) is 1.75. The number of hydrogen-bond donors (Lipinski definition) is 2. The van der Waals surface area contributed by atoms with E-state index in [1.807, 2.05) is 6.07 Å². The highest BCUT2D eigenvalue weighted by molar-refractivity contribution is 6.02. The molecule has 0 fully saturated rings. The maximum atomic E-state index is 11.7. The van der Waals surface area contributed by atoms with Crippen LogP contribution < -0.4 is 11.1 Å². The largest absolute Gasteiger partial charge is 0.330 e. The van der Waals surface area contributed by atoms with E-state index in [1.165, 1.54) is 5.56 Å². The summed E-state index contributed by atoms with van der Waals surface area (Å²) in [7, 11) is 0. The summed E-state index contributed by atoms with van der Waals surface area (Å²) >= 11 is 0. The van der Waals surface area contributed by atoms with Crippen molar-refractivity contribution in [3.63, 3.8) is 0 Å². The molecule has 3 nitrogen and oxygen atoms in total. The van der Waals surface area contributed by atoms with Crippen molar-refractivity contribution in [3.05, 3.63) is 29.3 Å². The van der Waals surface area contributed by atoms with E-state index in [-0.39, 0.29) is 11.8 Å². The lowest BCUT2D eigenvalue weighted by Gasteiger charge is -2.07. The number of hydrogen-bond acceptors (Lipinski definition) is 2. The minimum absolute atomic E-state index is 0.0449. The van der Waals surface area contributed by atoms with Gasteiger partial charge in [-0.3, -0.25) is 4.79 Å². The number of benzene rings is 1. The standard InChI is InChI=1S/C12H16N2O/c1-2-8-3-4-11-10(7-8)9(5-6-13)12(15)14-11/h3-4,7,9H,2,5-6,13H2,1H3,(H,14,15). The molecule has 1 unspecified atom stereocenters. The fourth-order valence-corrected chi connectivity index (χ4v) is 2.05. The Morgan fingerprint density at radius 1 is 1.47 bits per heavy atom. The van der Waals surface area contributed by atoms with Gasteiger partial charge >= 0.3 is 0 Å². The van der Waals surface area contributed by atoms with E-state index in [2.05, 4.69) is 24.4 Å². The van der Waals surface area contributed by atoms with E-state index >= 15 is 0 Å². The third-order valence-corrected chi connectivity index (χ3v) is 2.93. The molecule has 0 radical (unpaired) electrons. The SMILES string of the molecule is CCc1ccc2c(c1)C(CCN)C(=O)N2. The van der Waals surface area contributed by atoms with Crippen LogP contribution in [0.2, 0.25) is 0 Å². The number of carbonyl (C=O) groups excluding carboxylic acids is 1. The molecule has 80 valence electrons. The minimum Gasteiger partial charge on any atom is -0.330 e. The first kappa shape index (κ1) is 10.2. The van der Waals surface area contributed by atoms with Gasteiger partial charge in [-0.15, -0.1) is 0 Å². The Hall–Kier alpha value is -1.35. The average molecular weight is 204 g/mol. The molecule has 1 aromatic rings. The van der Waals surface area contributed by atoms with Gasteiger partial charge in [0.25, 0.3) is 0 Å². The van der Waals surface area contributed by atoms with Gasteiger partial charge in [-0.2, -0.15) is 0 Å². The summed E-state index contributed by atoms with van der Waals surface area (Å²) in [4.78, 5) is 11.7. The smallest absolute Gasteiger partial charge is 0.232 e. The highest BCUT2D eigenvalue weighted by Crippen LogP contribution is 2.34. The molecule has 0 saturated carbocycles. The molecule has 0 spiro atoms. The Bertz CT molecular complexity index is 387. The lowest BCUT2D eigenvalue weighted by atomic mass is 9.95. The summed E-state index contributed by atoms with van der Waals surface area (Å²) < 4.78 is 0. The molecule has 15 heavy (non-hydrogen) atoms. The molecule has 1 aliphatic heterocycles. The van der Waals surface area contributed by atoms with Crippen LogP contribution in [0.5, 0.6) is 0 Å². The molecular formula is C12H16N2O. The van der Waals surface area contributed by atoms with Gasteiger partial charge in [-0.25, -0.2) is 0 Å². The molecule has 1 aromatic carbocycles. The molecule has 1 aliphatic rings. The van der Waals surface area contributed by atoms with E-state index in [0.29, 0.717) is 6.54 Å². The van der Waals surface area contributed by atoms with E-state index < -0.39 is 0 Å². The molecule has 3 N–H and O–H groups in total. The number of carbonyl (C=O) groups is 1. The summed E-state index contributed by atoms with van der Waals surface area (Å²) in [6.45, 7) is 2.66. The molecule has 0 bridgehead atoms. The van der Waals surface area contributed by atoms with Crippen LogP contribution in [0.1, 0.15) is 30.4 Å². The van der Waals surface area contributed by atoms with Crippen molar-refractivity contribution >= 4 is 11.6 Å². The maximum absolute atomic E-state index is 11.7. The summed E-state index contributed by atoms with van der Waals surface area (Å²) in [5.41, 5.74) is 8.86. The zero-order valence-corrected chi connectivity index (χ0v) is 8.92. The number of anilines is 1. The number of aryl methyl sites for hydroxylation is 1. The molecular weight excluding hydrogens is 188 g/mol. The predicted octanol–water partition coefficient (Wildman–Crippen LogP) is 1.63. The first-order valence-corrected chi connectivity index (χ1v) is 5.40. The average Bonchev–Trinajstić information content (AvgIpc) is 2.55. The highest BCUT2D eigenvalue weighted by atomic mass is 16.2. The summed E-state index contributed by atoms with van der Waals surface area (Å²) in [5.74, 6) is 0.0419. The lowest BCUT2D eigenvalue weighted by Crippen LogP contribution is -2.15. The van der Waals surface area contributed by atoms with Crippen LogP contribution in [0.3, 0.4) is 0 Å². The zero-order chi connectivity index (χ0) is 10.8. The number of nitrogens with two attached hydrogens (primary N) is 1. The highest BCUT2D eigenvalue weighted by Gasteiger charge is 2.29. The number of rotatable bonds is 3. The van der Waals surface area contributed by atoms with Gasteiger partial charge in [-0.05, 0) is 36.6 Å². The minimum atomic E-state index is -0.0449. The fraction of sp³-hybridized carbons (Fsp3) is 0.417. The van der Waals surface area contributed by atoms with Crippen LogP contribution >= 0.6 is 0 Å². The van der Waals surface area contributed by atoms with Crippen molar-refractivity contribution in [2.75, 3.05) is 11.9 Å². The molecule has 2 rings (SSSR count). The van der Waals surface area contributed by atoms with Crippen LogP contribution in [-0.2, 0) is 11.2 Å². The molecule has 1 amide bonds. The summed E-state index contributed by atoms with van der Waals surface area (Å²) in [6, 6.07) is 6.17. The summed E-state index contributed by atoms with van der Waals surface area (Å²) in [5, 5.41) is 2.89. The van der Waals surface area contributed by atoms with Crippen molar-refractivity contribution in [1.29, 1.82) is 0 Å². The Labute approximate surface area is 89.7 Å². The van der Waals surface area contributed by atoms with Gasteiger partial charge in [0.15, 0.2) is 0 Å². The van der Waals surface area contributed by atoms with Crippen molar-refractivity contribution in [2.45, 2.75) is 25.7 Å². The Balaban J connectivity index is 2.37. The predicted molar refractivity (Wildman–Crippen MR) is 60.9 cm³/mol. The molecule has 0 aromatic heterocycles. The topological polar surface area (TPSA) is 55.1 Å². The second kappa shape index (κ2) is 4.03. The second-order valence-corrected chi connectivity index (χ2v) is 3.89. The Morgan fingerprint density at radius 3 is 2.93 bits per heavy atom. The van der Waals surface area contributed by atoms with E-state index in [1.54, 1.807) is 0 Å². The van der Waals surface area contributed by atoms with Crippen LogP contribution in [0.15, 0.2) is 18.2 Å². The fourth-order valence-electron chi connectivity index (χ4n) is 2.05. The second-order valence-electron chi connectivity index (χ2n) is 3.89. The Morgan fingerprint density at radius 2 is 2.27 bits per heavy atom. The summed E-state index contributed by atoms with van der Waals surface area (Å²) in [6.07, 6.45) is 1.73. The van der Waals surface area contributed by atoms with Crippen LogP contribution in [-0.4, -0.2) is 12.5 Å². The molecule has 1 heterocycles. The quantitative estimate of drug-likeness (QED) is 0.786. The van der Waals surface area contributed by atoms with Crippen molar-refractivity contribution in [2.24, 2.45) is 5.73 Å². The van der Waals surface area contributed by atoms with Crippen LogP contribution in [0, 0.1) is 0 Å². The van der Waals surface area contributed by atoms with Gasteiger partial charge < -0.3 is 11.1 Å². The van der Waals surface area contributed by atoms with Gasteiger partial charge in [0.05, 0.1) is 5.92 Å².